The lowest BCUT2D eigenvalue weighted by Crippen LogP contribution is -2.10. The third-order valence-electron chi connectivity index (χ3n) is 1.36. The van der Waals surface area contributed by atoms with Gasteiger partial charge in [-0.15, -0.1) is 15.0 Å². The van der Waals surface area contributed by atoms with E-state index in [2.05, 4.69) is 10.2 Å². The molecule has 0 radical (unpaired) electrons. The predicted molar refractivity (Wildman–Crippen MR) is 38.5 cm³/mol. The number of rotatable bonds is 1. The van der Waals surface area contributed by atoms with Crippen LogP contribution in [0.15, 0.2) is 12.3 Å². The second-order valence-electron chi connectivity index (χ2n) is 1.94. The summed E-state index contributed by atoms with van der Waals surface area (Å²) in [7, 11) is 1.54. The van der Waals surface area contributed by atoms with E-state index in [0.717, 1.165) is 0 Å². The van der Waals surface area contributed by atoms with Crippen molar-refractivity contribution in [1.82, 2.24) is 19.6 Å². The first kappa shape index (κ1) is 6.48. The topological polar surface area (TPSA) is 44.3 Å². The molecule has 11 heavy (non-hydrogen) atoms. The lowest BCUT2D eigenvalue weighted by molar-refractivity contribution is 0.124. The average Bonchev–Trinajstić information content (AvgIpc) is 2.54. The third kappa shape index (κ3) is 0.775. The molecule has 2 aromatic rings. The van der Waals surface area contributed by atoms with Crippen molar-refractivity contribution in [3.63, 3.8) is 0 Å². The molecular formula is C5H5ClN4O. The SMILES string of the molecule is COn1ccc2nnc(Cl)n21. The molecule has 0 amide bonds. The molecule has 0 N–H and O–H groups in total. The summed E-state index contributed by atoms with van der Waals surface area (Å²) in [6.45, 7) is 0. The van der Waals surface area contributed by atoms with Gasteiger partial charge in [-0.05, 0) is 11.6 Å². The van der Waals surface area contributed by atoms with Crippen molar-refractivity contribution in [3.8, 4) is 0 Å². The number of hydrogen-bond donors (Lipinski definition) is 0. The van der Waals surface area contributed by atoms with Gasteiger partial charge in [-0.25, -0.2) is 0 Å². The fourth-order valence-electron chi connectivity index (χ4n) is 0.898. The first-order valence-electron chi connectivity index (χ1n) is 2.95. The fraction of sp³-hybridized carbons (Fsp3) is 0.200. The van der Waals surface area contributed by atoms with Crippen molar-refractivity contribution in [2.45, 2.75) is 0 Å². The van der Waals surface area contributed by atoms with Crippen molar-refractivity contribution >= 4 is 17.2 Å². The molecule has 0 aliphatic carbocycles. The Balaban J connectivity index is 2.80. The van der Waals surface area contributed by atoms with E-state index >= 15 is 0 Å². The molecule has 6 heteroatoms. The maximum absolute atomic E-state index is 5.69. The van der Waals surface area contributed by atoms with Gasteiger partial charge in [0.15, 0.2) is 5.65 Å². The highest BCUT2D eigenvalue weighted by Crippen LogP contribution is 2.07. The maximum Gasteiger partial charge on any atom is 0.247 e. The Kier molecular flexibility index (Phi) is 1.25. The predicted octanol–water partition coefficient (Wildman–Crippen LogP) is 0.243. The first-order valence-corrected chi connectivity index (χ1v) is 3.33. The largest absolute Gasteiger partial charge is 0.401 e. The summed E-state index contributed by atoms with van der Waals surface area (Å²) in [5.41, 5.74) is 0.664. The van der Waals surface area contributed by atoms with E-state index in [1.54, 1.807) is 16.8 Å². The van der Waals surface area contributed by atoms with Gasteiger partial charge in [0.25, 0.3) is 0 Å². The van der Waals surface area contributed by atoms with E-state index < -0.39 is 0 Å². The minimum atomic E-state index is 0.284. The van der Waals surface area contributed by atoms with Crippen molar-refractivity contribution in [2.75, 3.05) is 7.11 Å². The normalized spacial score (nSPS) is 10.7. The van der Waals surface area contributed by atoms with E-state index in [4.69, 9.17) is 16.4 Å². The Bertz CT molecular complexity index is 379. The van der Waals surface area contributed by atoms with Gasteiger partial charge in [-0.2, -0.15) is 4.52 Å². The van der Waals surface area contributed by atoms with Crippen LogP contribution < -0.4 is 4.84 Å². The smallest absolute Gasteiger partial charge is 0.247 e. The van der Waals surface area contributed by atoms with Crippen molar-refractivity contribution in [3.05, 3.63) is 17.5 Å². The monoisotopic (exact) mass is 172 g/mol. The zero-order chi connectivity index (χ0) is 7.84. The Hall–Kier alpha value is -1.23. The van der Waals surface area contributed by atoms with Gasteiger partial charge in [0.1, 0.15) is 7.11 Å². The highest BCUT2D eigenvalue weighted by atomic mass is 35.5. The zero-order valence-corrected chi connectivity index (χ0v) is 6.49. The van der Waals surface area contributed by atoms with Gasteiger partial charge in [0, 0.05) is 6.07 Å². The van der Waals surface area contributed by atoms with Gasteiger partial charge >= 0.3 is 0 Å². The van der Waals surface area contributed by atoms with Crippen LogP contribution in [0.1, 0.15) is 0 Å². The van der Waals surface area contributed by atoms with Crippen LogP contribution in [-0.4, -0.2) is 26.7 Å². The lowest BCUT2D eigenvalue weighted by atomic mass is 10.7. The van der Waals surface area contributed by atoms with Gasteiger partial charge in [-0.1, -0.05) is 0 Å². The van der Waals surface area contributed by atoms with Crippen LogP contribution in [0.2, 0.25) is 5.28 Å². The maximum atomic E-state index is 5.69. The molecule has 5 nitrogen and oxygen atoms in total. The lowest BCUT2D eigenvalue weighted by Gasteiger charge is -1.99. The van der Waals surface area contributed by atoms with Gasteiger partial charge in [0.2, 0.25) is 5.28 Å². The molecule has 0 aromatic carbocycles. The summed E-state index contributed by atoms with van der Waals surface area (Å²) in [4.78, 5) is 6.36. The summed E-state index contributed by atoms with van der Waals surface area (Å²) in [6.07, 6.45) is 1.70. The van der Waals surface area contributed by atoms with Crippen LogP contribution in [0, 0.1) is 0 Å². The number of halogens is 1. The van der Waals surface area contributed by atoms with Crippen LogP contribution >= 0.6 is 11.6 Å². The molecule has 2 heterocycles. The van der Waals surface area contributed by atoms with Crippen LogP contribution in [-0.2, 0) is 0 Å². The summed E-state index contributed by atoms with van der Waals surface area (Å²) in [6, 6.07) is 1.75. The second-order valence-corrected chi connectivity index (χ2v) is 2.28. The first-order chi connectivity index (χ1) is 5.33. The second kappa shape index (κ2) is 2.13. The summed E-state index contributed by atoms with van der Waals surface area (Å²) in [5.74, 6) is 0. The minimum Gasteiger partial charge on any atom is -0.401 e. The van der Waals surface area contributed by atoms with Crippen molar-refractivity contribution in [1.29, 1.82) is 0 Å². The van der Waals surface area contributed by atoms with E-state index in [1.165, 1.54) is 12.0 Å². The number of hydrogen-bond acceptors (Lipinski definition) is 3. The molecule has 2 aromatic heterocycles. The Morgan fingerprint density at radius 1 is 1.55 bits per heavy atom. The average molecular weight is 173 g/mol. The van der Waals surface area contributed by atoms with E-state index in [1.807, 2.05) is 0 Å². The van der Waals surface area contributed by atoms with Crippen molar-refractivity contribution in [2.24, 2.45) is 0 Å². The standard InChI is InChI=1S/C5H5ClN4O/c1-11-9-3-2-4-7-8-5(6)10(4)9/h2-3H,1H3. The molecule has 2 rings (SSSR count). The van der Waals surface area contributed by atoms with E-state index in [-0.39, 0.29) is 5.28 Å². The molecule has 0 unspecified atom stereocenters. The molecular weight excluding hydrogens is 168 g/mol. The Morgan fingerprint density at radius 2 is 2.36 bits per heavy atom. The Morgan fingerprint density at radius 3 is 3.09 bits per heavy atom. The summed E-state index contributed by atoms with van der Waals surface area (Å²) >= 11 is 5.69. The number of fused-ring (bicyclic) bond motifs is 1. The van der Waals surface area contributed by atoms with Gasteiger partial charge in [0.05, 0.1) is 6.20 Å². The summed E-state index contributed by atoms with van der Waals surface area (Å²) < 4.78 is 1.54. The molecule has 0 saturated carbocycles. The quantitative estimate of drug-likeness (QED) is 0.619. The number of nitrogens with zero attached hydrogens (tertiary/aromatic N) is 4. The minimum absolute atomic E-state index is 0.284. The summed E-state index contributed by atoms with van der Waals surface area (Å²) in [5, 5.41) is 7.69. The van der Waals surface area contributed by atoms with Crippen LogP contribution in [0.4, 0.5) is 0 Å². The Labute approximate surface area is 67.1 Å². The molecule has 0 fully saturated rings. The van der Waals surface area contributed by atoms with Crippen LogP contribution in [0.5, 0.6) is 0 Å². The number of aromatic nitrogens is 4. The van der Waals surface area contributed by atoms with E-state index in [0.29, 0.717) is 5.65 Å². The van der Waals surface area contributed by atoms with Crippen LogP contribution in [0.25, 0.3) is 5.65 Å². The molecule has 0 atom stereocenters. The van der Waals surface area contributed by atoms with Gasteiger partial charge in [-0.3, -0.25) is 0 Å². The molecule has 0 saturated heterocycles. The van der Waals surface area contributed by atoms with E-state index in [9.17, 15) is 0 Å². The van der Waals surface area contributed by atoms with Crippen molar-refractivity contribution < 1.29 is 4.84 Å². The molecule has 58 valence electrons. The fourth-order valence-corrected chi connectivity index (χ4v) is 1.10. The highest BCUT2D eigenvalue weighted by molar-refractivity contribution is 6.28. The zero-order valence-electron chi connectivity index (χ0n) is 5.73. The van der Waals surface area contributed by atoms with Crippen LogP contribution in [0.3, 0.4) is 0 Å². The molecule has 0 aliphatic rings. The third-order valence-corrected chi connectivity index (χ3v) is 1.60. The highest BCUT2D eigenvalue weighted by Gasteiger charge is 2.05. The molecule has 0 spiro atoms. The van der Waals surface area contributed by atoms with Gasteiger partial charge < -0.3 is 4.84 Å². The molecule has 0 aliphatic heterocycles. The molecule has 0 bridgehead atoms.